The number of hydrogen-bond acceptors (Lipinski definition) is 4. The van der Waals surface area contributed by atoms with Crippen molar-refractivity contribution in [2.24, 2.45) is 0 Å². The number of benzene rings is 1. The zero-order chi connectivity index (χ0) is 17.5. The molecule has 25 heavy (non-hydrogen) atoms. The van der Waals surface area contributed by atoms with Crippen LogP contribution in [-0.2, 0) is 25.5 Å². The lowest BCUT2D eigenvalue weighted by Gasteiger charge is -2.22. The highest BCUT2D eigenvalue weighted by Crippen LogP contribution is 2.13. The molecule has 2 fully saturated rings. The fourth-order valence-corrected chi connectivity index (χ4v) is 3.27. The number of carbonyl (C=O) groups is 2. The van der Waals surface area contributed by atoms with Gasteiger partial charge < -0.3 is 20.1 Å². The highest BCUT2D eigenvalue weighted by molar-refractivity contribution is 5.82. The average Bonchev–Trinajstić information content (AvgIpc) is 3.33. The Morgan fingerprint density at radius 1 is 1.00 bits per heavy atom. The Kier molecular flexibility index (Phi) is 6.42. The summed E-state index contributed by atoms with van der Waals surface area (Å²) in [5.74, 6) is -0.188. The van der Waals surface area contributed by atoms with E-state index in [1.165, 1.54) is 0 Å². The van der Waals surface area contributed by atoms with Crippen molar-refractivity contribution >= 4 is 11.8 Å². The summed E-state index contributed by atoms with van der Waals surface area (Å²) < 4.78 is 10.9. The van der Waals surface area contributed by atoms with Gasteiger partial charge in [-0.1, -0.05) is 30.3 Å². The van der Waals surface area contributed by atoms with E-state index in [2.05, 4.69) is 10.6 Å². The molecule has 6 nitrogen and oxygen atoms in total. The second-order valence-corrected chi connectivity index (χ2v) is 6.64. The monoisotopic (exact) mass is 346 g/mol. The lowest BCUT2D eigenvalue weighted by Crippen LogP contribution is -2.49. The molecule has 0 spiro atoms. The number of ether oxygens (including phenoxy) is 2. The van der Waals surface area contributed by atoms with Crippen LogP contribution in [0.1, 0.15) is 31.2 Å². The number of nitrogens with one attached hydrogen (secondary N) is 2. The molecule has 2 N–H and O–H groups in total. The van der Waals surface area contributed by atoms with Gasteiger partial charge in [0.15, 0.2) is 0 Å². The van der Waals surface area contributed by atoms with E-state index in [0.717, 1.165) is 31.2 Å². The van der Waals surface area contributed by atoms with Gasteiger partial charge in [0.1, 0.15) is 12.2 Å². The molecule has 6 heteroatoms. The number of rotatable bonds is 7. The molecule has 0 aliphatic carbocycles. The Balaban J connectivity index is 1.56. The maximum Gasteiger partial charge on any atom is 0.249 e. The van der Waals surface area contributed by atoms with Crippen LogP contribution in [0.5, 0.6) is 0 Å². The van der Waals surface area contributed by atoms with Gasteiger partial charge in [-0.25, -0.2) is 0 Å². The molecule has 1 aromatic rings. The summed E-state index contributed by atoms with van der Waals surface area (Å²) in [5, 5.41) is 5.96. The Bertz CT molecular complexity index is 566. The fourth-order valence-electron chi connectivity index (χ4n) is 3.27. The van der Waals surface area contributed by atoms with Crippen LogP contribution in [0, 0.1) is 0 Å². The van der Waals surface area contributed by atoms with Gasteiger partial charge >= 0.3 is 0 Å². The van der Waals surface area contributed by atoms with Crippen molar-refractivity contribution < 1.29 is 19.1 Å². The molecule has 0 unspecified atom stereocenters. The standard InChI is InChI=1S/C19H26N2O4/c22-18(16-8-4-10-24-16)20-13-15(12-14-6-2-1-3-7-14)21-19(23)17-9-5-11-25-17/h1-3,6-7,15-17H,4-5,8-13H2,(H,20,22)(H,21,23)/t15-,16-,17+/m0/s1. The predicted octanol–water partition coefficient (Wildman–Crippen LogP) is 1.19. The average molecular weight is 346 g/mol. The molecule has 2 aliphatic rings. The van der Waals surface area contributed by atoms with Crippen molar-refractivity contribution in [2.75, 3.05) is 19.8 Å². The minimum atomic E-state index is -0.368. The second-order valence-electron chi connectivity index (χ2n) is 6.64. The highest BCUT2D eigenvalue weighted by Gasteiger charge is 2.27. The number of hydrogen-bond donors (Lipinski definition) is 2. The molecular formula is C19H26N2O4. The van der Waals surface area contributed by atoms with Gasteiger partial charge in [-0.3, -0.25) is 9.59 Å². The second kappa shape index (κ2) is 8.97. The largest absolute Gasteiger partial charge is 0.368 e. The maximum atomic E-state index is 12.4. The van der Waals surface area contributed by atoms with E-state index < -0.39 is 0 Å². The molecule has 3 atom stereocenters. The van der Waals surface area contributed by atoms with E-state index in [-0.39, 0.29) is 30.1 Å². The van der Waals surface area contributed by atoms with Gasteiger partial charge in [0.05, 0.1) is 6.04 Å². The van der Waals surface area contributed by atoms with Crippen molar-refractivity contribution in [1.82, 2.24) is 10.6 Å². The van der Waals surface area contributed by atoms with Crippen LogP contribution in [0.3, 0.4) is 0 Å². The number of amides is 2. The maximum absolute atomic E-state index is 12.4. The highest BCUT2D eigenvalue weighted by atomic mass is 16.5. The van der Waals surface area contributed by atoms with E-state index in [1.807, 2.05) is 30.3 Å². The molecule has 2 heterocycles. The van der Waals surface area contributed by atoms with Gasteiger partial charge in [0.25, 0.3) is 0 Å². The van der Waals surface area contributed by atoms with E-state index in [1.54, 1.807) is 0 Å². The van der Waals surface area contributed by atoms with Gasteiger partial charge in [0.2, 0.25) is 11.8 Å². The lowest BCUT2D eigenvalue weighted by atomic mass is 10.0. The molecule has 2 saturated heterocycles. The summed E-state index contributed by atoms with van der Waals surface area (Å²) in [6, 6.07) is 9.77. The molecule has 136 valence electrons. The topological polar surface area (TPSA) is 76.7 Å². The Morgan fingerprint density at radius 2 is 1.64 bits per heavy atom. The predicted molar refractivity (Wildman–Crippen MR) is 93.0 cm³/mol. The van der Waals surface area contributed by atoms with Gasteiger partial charge in [-0.05, 0) is 37.7 Å². The van der Waals surface area contributed by atoms with Crippen molar-refractivity contribution in [3.63, 3.8) is 0 Å². The van der Waals surface area contributed by atoms with Gasteiger partial charge in [-0.15, -0.1) is 0 Å². The van der Waals surface area contributed by atoms with Gasteiger partial charge in [0, 0.05) is 19.8 Å². The van der Waals surface area contributed by atoms with Crippen LogP contribution >= 0.6 is 0 Å². The fraction of sp³-hybridized carbons (Fsp3) is 0.579. The van der Waals surface area contributed by atoms with Crippen LogP contribution in [0.2, 0.25) is 0 Å². The quantitative estimate of drug-likeness (QED) is 0.777. The normalized spacial score (nSPS) is 24.0. The summed E-state index contributed by atoms with van der Waals surface area (Å²) in [4.78, 5) is 24.5. The molecular weight excluding hydrogens is 320 g/mol. The molecule has 0 radical (unpaired) electrons. The van der Waals surface area contributed by atoms with E-state index in [0.29, 0.717) is 26.2 Å². The molecule has 1 aromatic carbocycles. The summed E-state index contributed by atoms with van der Waals surface area (Å²) in [6.45, 7) is 1.66. The molecule has 0 saturated carbocycles. The van der Waals surface area contributed by atoms with Crippen LogP contribution in [0.4, 0.5) is 0 Å². The lowest BCUT2D eigenvalue weighted by molar-refractivity contribution is -0.132. The molecule has 3 rings (SSSR count). The molecule has 0 aromatic heterocycles. The SMILES string of the molecule is O=C(NC[C@H](Cc1ccccc1)NC(=O)[C@H]1CCCO1)[C@@H]1CCCO1. The first-order chi connectivity index (χ1) is 12.2. The third-order valence-corrected chi connectivity index (χ3v) is 4.64. The van der Waals surface area contributed by atoms with Crippen LogP contribution in [0.15, 0.2) is 30.3 Å². The Labute approximate surface area is 148 Å². The van der Waals surface area contributed by atoms with Crippen LogP contribution in [0.25, 0.3) is 0 Å². The van der Waals surface area contributed by atoms with Crippen molar-refractivity contribution in [1.29, 1.82) is 0 Å². The summed E-state index contributed by atoms with van der Waals surface area (Å²) in [5.41, 5.74) is 1.12. The first-order valence-electron chi connectivity index (χ1n) is 9.07. The van der Waals surface area contributed by atoms with E-state index in [4.69, 9.17) is 9.47 Å². The summed E-state index contributed by atoms with van der Waals surface area (Å²) in [6.07, 6.45) is 3.28. The van der Waals surface area contributed by atoms with E-state index >= 15 is 0 Å². The third kappa shape index (κ3) is 5.28. The molecule has 0 bridgehead atoms. The van der Waals surface area contributed by atoms with Crippen LogP contribution in [-0.4, -0.2) is 49.8 Å². The first kappa shape index (κ1) is 17.9. The van der Waals surface area contributed by atoms with Crippen molar-refractivity contribution in [3.05, 3.63) is 35.9 Å². The first-order valence-corrected chi connectivity index (χ1v) is 9.07. The Hall–Kier alpha value is -1.92. The zero-order valence-corrected chi connectivity index (χ0v) is 14.4. The number of carbonyl (C=O) groups excluding carboxylic acids is 2. The molecule has 2 amide bonds. The van der Waals surface area contributed by atoms with Crippen molar-refractivity contribution in [2.45, 2.75) is 50.4 Å². The minimum absolute atomic E-state index is 0.0928. The van der Waals surface area contributed by atoms with Crippen LogP contribution < -0.4 is 10.6 Å². The zero-order valence-electron chi connectivity index (χ0n) is 14.4. The smallest absolute Gasteiger partial charge is 0.249 e. The van der Waals surface area contributed by atoms with Gasteiger partial charge in [-0.2, -0.15) is 0 Å². The van der Waals surface area contributed by atoms with Crippen molar-refractivity contribution in [3.8, 4) is 0 Å². The summed E-state index contributed by atoms with van der Waals surface area (Å²) in [7, 11) is 0. The minimum Gasteiger partial charge on any atom is -0.368 e. The third-order valence-electron chi connectivity index (χ3n) is 4.64. The van der Waals surface area contributed by atoms with E-state index in [9.17, 15) is 9.59 Å². The Morgan fingerprint density at radius 3 is 2.24 bits per heavy atom. The summed E-state index contributed by atoms with van der Waals surface area (Å²) >= 11 is 0. The molecule has 2 aliphatic heterocycles.